The summed E-state index contributed by atoms with van der Waals surface area (Å²) in [4.78, 5) is 7.69. The third kappa shape index (κ3) is 2.40. The van der Waals surface area contributed by atoms with Crippen molar-refractivity contribution in [1.29, 1.82) is 0 Å². The number of H-pyrrole nitrogens is 1. The van der Waals surface area contributed by atoms with Gasteiger partial charge in [0.15, 0.2) is 0 Å². The summed E-state index contributed by atoms with van der Waals surface area (Å²) >= 11 is 0. The van der Waals surface area contributed by atoms with Gasteiger partial charge in [0.2, 0.25) is 0 Å². The van der Waals surface area contributed by atoms with Gasteiger partial charge in [0.25, 0.3) is 0 Å². The first-order chi connectivity index (χ1) is 9.22. The van der Waals surface area contributed by atoms with Crippen LogP contribution in [0.1, 0.15) is 13.8 Å². The molecular formula is C14H14N4O. The van der Waals surface area contributed by atoms with Crippen molar-refractivity contribution in [2.75, 3.05) is 0 Å². The maximum absolute atomic E-state index is 5.61. The standard InChI is InChI=1S/C14H14N4O/c1-9(2)19-11-5-3-10(4-6-11)14-17-12-7-15-16-8-13(12)18-14/h3-9H,1-2H3,(H,17,18). The average molecular weight is 254 g/mol. The molecule has 2 heterocycles. The van der Waals surface area contributed by atoms with Gasteiger partial charge < -0.3 is 9.72 Å². The molecule has 5 nitrogen and oxygen atoms in total. The number of imidazole rings is 1. The molecule has 0 saturated carbocycles. The molecule has 1 aromatic carbocycles. The largest absolute Gasteiger partial charge is 0.491 e. The summed E-state index contributed by atoms with van der Waals surface area (Å²) in [5.74, 6) is 1.67. The monoisotopic (exact) mass is 254 g/mol. The first-order valence-electron chi connectivity index (χ1n) is 6.16. The number of ether oxygens (including phenoxy) is 1. The molecule has 0 bridgehead atoms. The van der Waals surface area contributed by atoms with Crippen molar-refractivity contribution in [3.8, 4) is 17.1 Å². The maximum Gasteiger partial charge on any atom is 0.138 e. The maximum atomic E-state index is 5.61. The summed E-state index contributed by atoms with van der Waals surface area (Å²) in [5, 5.41) is 7.64. The molecule has 0 amide bonds. The van der Waals surface area contributed by atoms with E-state index >= 15 is 0 Å². The highest BCUT2D eigenvalue weighted by molar-refractivity contribution is 5.77. The molecule has 2 aromatic heterocycles. The van der Waals surface area contributed by atoms with E-state index in [2.05, 4.69) is 20.2 Å². The van der Waals surface area contributed by atoms with E-state index in [1.54, 1.807) is 12.4 Å². The third-order valence-electron chi connectivity index (χ3n) is 2.69. The van der Waals surface area contributed by atoms with Crippen molar-refractivity contribution in [2.24, 2.45) is 0 Å². The van der Waals surface area contributed by atoms with Gasteiger partial charge in [-0.05, 0) is 38.1 Å². The quantitative estimate of drug-likeness (QED) is 0.780. The summed E-state index contributed by atoms with van der Waals surface area (Å²) in [6, 6.07) is 7.85. The Morgan fingerprint density at radius 1 is 1.05 bits per heavy atom. The summed E-state index contributed by atoms with van der Waals surface area (Å²) in [6.45, 7) is 4.01. The molecule has 0 saturated heterocycles. The van der Waals surface area contributed by atoms with E-state index in [1.165, 1.54) is 0 Å². The van der Waals surface area contributed by atoms with Crippen LogP contribution in [0.3, 0.4) is 0 Å². The highest BCUT2D eigenvalue weighted by Crippen LogP contribution is 2.22. The Kier molecular flexibility index (Phi) is 2.87. The van der Waals surface area contributed by atoms with Crippen molar-refractivity contribution >= 4 is 11.0 Å². The van der Waals surface area contributed by atoms with Crippen molar-refractivity contribution in [2.45, 2.75) is 20.0 Å². The number of hydrogen-bond acceptors (Lipinski definition) is 4. The number of aromatic nitrogens is 4. The zero-order valence-electron chi connectivity index (χ0n) is 10.8. The third-order valence-corrected chi connectivity index (χ3v) is 2.69. The summed E-state index contributed by atoms with van der Waals surface area (Å²) in [5.41, 5.74) is 2.70. The van der Waals surface area contributed by atoms with Crippen molar-refractivity contribution in [3.63, 3.8) is 0 Å². The van der Waals surface area contributed by atoms with Crippen LogP contribution in [0.25, 0.3) is 22.4 Å². The minimum Gasteiger partial charge on any atom is -0.491 e. The number of hydrogen-bond donors (Lipinski definition) is 1. The predicted octanol–water partition coefficient (Wildman–Crippen LogP) is 2.81. The lowest BCUT2D eigenvalue weighted by Gasteiger charge is -2.09. The van der Waals surface area contributed by atoms with E-state index in [0.717, 1.165) is 28.2 Å². The number of rotatable bonds is 3. The van der Waals surface area contributed by atoms with Gasteiger partial charge in [0, 0.05) is 5.56 Å². The van der Waals surface area contributed by atoms with Crippen LogP contribution in [0, 0.1) is 0 Å². The van der Waals surface area contributed by atoms with E-state index in [4.69, 9.17) is 4.74 Å². The van der Waals surface area contributed by atoms with Gasteiger partial charge in [0.05, 0.1) is 24.0 Å². The Hall–Kier alpha value is -2.43. The molecule has 5 heteroatoms. The molecule has 19 heavy (non-hydrogen) atoms. The average Bonchev–Trinajstić information content (AvgIpc) is 2.82. The smallest absolute Gasteiger partial charge is 0.138 e. The molecular weight excluding hydrogens is 240 g/mol. The first kappa shape index (κ1) is 11.6. The molecule has 0 aliphatic rings. The summed E-state index contributed by atoms with van der Waals surface area (Å²) in [6.07, 6.45) is 3.49. The van der Waals surface area contributed by atoms with Crippen LogP contribution in [0.4, 0.5) is 0 Å². The number of aromatic amines is 1. The van der Waals surface area contributed by atoms with E-state index in [1.807, 2.05) is 38.1 Å². The minimum atomic E-state index is 0.175. The fourth-order valence-electron chi connectivity index (χ4n) is 1.88. The molecule has 0 atom stereocenters. The van der Waals surface area contributed by atoms with E-state index in [0.29, 0.717) is 0 Å². The second-order valence-electron chi connectivity index (χ2n) is 4.56. The van der Waals surface area contributed by atoms with Gasteiger partial charge in [-0.3, -0.25) is 0 Å². The van der Waals surface area contributed by atoms with Crippen LogP contribution in [-0.2, 0) is 0 Å². The fraction of sp³-hybridized carbons (Fsp3) is 0.214. The zero-order valence-corrected chi connectivity index (χ0v) is 10.8. The normalized spacial score (nSPS) is 11.1. The van der Waals surface area contributed by atoms with Crippen LogP contribution >= 0.6 is 0 Å². The minimum absolute atomic E-state index is 0.175. The SMILES string of the molecule is CC(C)Oc1ccc(-c2nc3cnncc3[nH]2)cc1. The van der Waals surface area contributed by atoms with Gasteiger partial charge >= 0.3 is 0 Å². The van der Waals surface area contributed by atoms with Gasteiger partial charge in [0.1, 0.15) is 17.1 Å². The molecule has 0 radical (unpaired) electrons. The first-order valence-corrected chi connectivity index (χ1v) is 6.16. The number of nitrogens with zero attached hydrogens (tertiary/aromatic N) is 3. The van der Waals surface area contributed by atoms with Crippen molar-refractivity contribution in [1.82, 2.24) is 20.2 Å². The Bertz CT molecular complexity index is 655. The molecule has 96 valence electrons. The molecule has 0 unspecified atom stereocenters. The molecule has 0 aliphatic carbocycles. The van der Waals surface area contributed by atoms with E-state index < -0.39 is 0 Å². The number of nitrogens with one attached hydrogen (secondary N) is 1. The second kappa shape index (κ2) is 4.68. The van der Waals surface area contributed by atoms with E-state index in [-0.39, 0.29) is 6.10 Å². The zero-order chi connectivity index (χ0) is 13.2. The van der Waals surface area contributed by atoms with Crippen molar-refractivity contribution < 1.29 is 4.74 Å². The molecule has 3 aromatic rings. The summed E-state index contributed by atoms with van der Waals surface area (Å²) in [7, 11) is 0. The Labute approximate surface area is 110 Å². The van der Waals surface area contributed by atoms with Crippen LogP contribution in [0.15, 0.2) is 36.7 Å². The van der Waals surface area contributed by atoms with Gasteiger partial charge in [-0.15, -0.1) is 0 Å². The highest BCUT2D eigenvalue weighted by atomic mass is 16.5. The lowest BCUT2D eigenvalue weighted by Crippen LogP contribution is -2.05. The highest BCUT2D eigenvalue weighted by Gasteiger charge is 2.06. The lowest BCUT2D eigenvalue weighted by molar-refractivity contribution is 0.242. The molecule has 0 spiro atoms. The Balaban J connectivity index is 1.93. The van der Waals surface area contributed by atoms with Gasteiger partial charge in [-0.25, -0.2) is 4.98 Å². The van der Waals surface area contributed by atoms with Gasteiger partial charge in [-0.2, -0.15) is 10.2 Å². The Morgan fingerprint density at radius 2 is 1.79 bits per heavy atom. The lowest BCUT2D eigenvalue weighted by atomic mass is 10.2. The molecule has 1 N–H and O–H groups in total. The number of benzene rings is 1. The van der Waals surface area contributed by atoms with E-state index in [9.17, 15) is 0 Å². The van der Waals surface area contributed by atoms with Crippen LogP contribution in [0.5, 0.6) is 5.75 Å². The fourth-order valence-corrected chi connectivity index (χ4v) is 1.88. The van der Waals surface area contributed by atoms with Crippen LogP contribution in [0.2, 0.25) is 0 Å². The molecule has 0 fully saturated rings. The Morgan fingerprint density at radius 3 is 2.47 bits per heavy atom. The molecule has 0 aliphatic heterocycles. The number of fused-ring (bicyclic) bond motifs is 1. The molecule has 3 rings (SSSR count). The van der Waals surface area contributed by atoms with Crippen LogP contribution in [-0.4, -0.2) is 26.3 Å². The second-order valence-corrected chi connectivity index (χ2v) is 4.56. The van der Waals surface area contributed by atoms with Gasteiger partial charge in [-0.1, -0.05) is 0 Å². The summed E-state index contributed by atoms with van der Waals surface area (Å²) < 4.78 is 5.61. The predicted molar refractivity (Wildman–Crippen MR) is 72.9 cm³/mol. The topological polar surface area (TPSA) is 63.7 Å². The van der Waals surface area contributed by atoms with Crippen LogP contribution < -0.4 is 4.74 Å². The van der Waals surface area contributed by atoms with Crippen molar-refractivity contribution in [3.05, 3.63) is 36.7 Å².